The van der Waals surface area contributed by atoms with E-state index in [1.165, 1.54) is 0 Å². The standard InChI is InChI=1S/C13H16ClNO/c1-3-15-10(7-9(2)16)8-11-12(14)5-4-6-13(11)15/h4-6,8-9,16H,3,7H2,1-2H3. The van der Waals surface area contributed by atoms with Gasteiger partial charge in [-0.15, -0.1) is 0 Å². The molecule has 1 unspecified atom stereocenters. The van der Waals surface area contributed by atoms with Gasteiger partial charge in [-0.1, -0.05) is 17.7 Å². The van der Waals surface area contributed by atoms with E-state index in [9.17, 15) is 5.11 Å². The Bertz CT molecular complexity index is 502. The average molecular weight is 238 g/mol. The van der Waals surface area contributed by atoms with Crippen LogP contribution in [-0.2, 0) is 13.0 Å². The van der Waals surface area contributed by atoms with Crippen LogP contribution in [0, 0.1) is 0 Å². The molecule has 0 aliphatic rings. The van der Waals surface area contributed by atoms with Crippen LogP contribution in [0.4, 0.5) is 0 Å². The van der Waals surface area contributed by atoms with Gasteiger partial charge in [-0.3, -0.25) is 0 Å². The Hall–Kier alpha value is -0.990. The topological polar surface area (TPSA) is 25.2 Å². The summed E-state index contributed by atoms with van der Waals surface area (Å²) in [6.07, 6.45) is 0.340. The minimum atomic E-state index is -0.326. The van der Waals surface area contributed by atoms with Gasteiger partial charge in [0.25, 0.3) is 0 Å². The zero-order valence-corrected chi connectivity index (χ0v) is 10.3. The quantitative estimate of drug-likeness (QED) is 0.871. The van der Waals surface area contributed by atoms with Gasteiger partial charge in [0.05, 0.1) is 6.10 Å². The molecule has 0 saturated carbocycles. The van der Waals surface area contributed by atoms with Crippen molar-refractivity contribution in [2.24, 2.45) is 0 Å². The number of aromatic nitrogens is 1. The molecule has 2 aromatic rings. The Labute approximate surface area is 100 Å². The lowest BCUT2D eigenvalue weighted by Crippen LogP contribution is -2.09. The molecule has 0 saturated heterocycles. The van der Waals surface area contributed by atoms with Gasteiger partial charge in [-0.2, -0.15) is 0 Å². The minimum Gasteiger partial charge on any atom is -0.393 e. The Morgan fingerprint density at radius 3 is 2.81 bits per heavy atom. The molecule has 0 aliphatic heterocycles. The first kappa shape index (κ1) is 11.5. The molecule has 3 heteroatoms. The van der Waals surface area contributed by atoms with Crippen molar-refractivity contribution in [3.8, 4) is 0 Å². The van der Waals surface area contributed by atoms with E-state index < -0.39 is 0 Å². The fourth-order valence-electron chi connectivity index (χ4n) is 2.15. The lowest BCUT2D eigenvalue weighted by molar-refractivity contribution is 0.193. The largest absolute Gasteiger partial charge is 0.393 e. The van der Waals surface area contributed by atoms with Gasteiger partial charge in [0.15, 0.2) is 0 Å². The van der Waals surface area contributed by atoms with Crippen LogP contribution in [0.1, 0.15) is 19.5 Å². The van der Waals surface area contributed by atoms with Crippen LogP contribution in [0.25, 0.3) is 10.9 Å². The summed E-state index contributed by atoms with van der Waals surface area (Å²) in [7, 11) is 0. The van der Waals surface area contributed by atoms with Gasteiger partial charge in [0.1, 0.15) is 0 Å². The molecular weight excluding hydrogens is 222 g/mol. The normalized spacial score (nSPS) is 13.2. The van der Waals surface area contributed by atoms with Gasteiger partial charge in [0, 0.05) is 34.6 Å². The molecule has 0 spiro atoms. The summed E-state index contributed by atoms with van der Waals surface area (Å²) in [5.74, 6) is 0. The number of halogens is 1. The first-order valence-electron chi connectivity index (χ1n) is 5.58. The number of hydrogen-bond donors (Lipinski definition) is 1. The van der Waals surface area contributed by atoms with E-state index in [1.807, 2.05) is 12.1 Å². The molecular formula is C13H16ClNO. The number of benzene rings is 1. The number of aliphatic hydroxyl groups is 1. The summed E-state index contributed by atoms with van der Waals surface area (Å²) < 4.78 is 2.20. The summed E-state index contributed by atoms with van der Waals surface area (Å²) in [6, 6.07) is 8.00. The fraction of sp³-hybridized carbons (Fsp3) is 0.385. The number of hydrogen-bond acceptors (Lipinski definition) is 1. The molecule has 0 radical (unpaired) electrons. The van der Waals surface area contributed by atoms with Crippen molar-refractivity contribution in [2.75, 3.05) is 0 Å². The summed E-state index contributed by atoms with van der Waals surface area (Å²) in [5, 5.41) is 11.3. The molecule has 2 rings (SSSR count). The average Bonchev–Trinajstić information content (AvgIpc) is 2.56. The van der Waals surface area contributed by atoms with E-state index in [-0.39, 0.29) is 6.10 Å². The monoisotopic (exact) mass is 237 g/mol. The van der Waals surface area contributed by atoms with Gasteiger partial charge in [-0.05, 0) is 32.0 Å². The maximum Gasteiger partial charge on any atom is 0.0566 e. The van der Waals surface area contributed by atoms with Crippen molar-refractivity contribution in [1.29, 1.82) is 0 Å². The molecule has 86 valence electrons. The number of nitrogens with zero attached hydrogens (tertiary/aromatic N) is 1. The van der Waals surface area contributed by atoms with Crippen molar-refractivity contribution >= 4 is 22.5 Å². The zero-order valence-electron chi connectivity index (χ0n) is 9.57. The Kier molecular flexibility index (Phi) is 3.22. The Morgan fingerprint density at radius 1 is 1.44 bits per heavy atom. The predicted molar refractivity (Wildman–Crippen MR) is 68.0 cm³/mol. The molecule has 1 heterocycles. The van der Waals surface area contributed by atoms with Crippen molar-refractivity contribution in [1.82, 2.24) is 4.57 Å². The Morgan fingerprint density at radius 2 is 2.19 bits per heavy atom. The highest BCUT2D eigenvalue weighted by molar-refractivity contribution is 6.35. The van der Waals surface area contributed by atoms with E-state index in [0.717, 1.165) is 28.2 Å². The second-order valence-corrected chi connectivity index (χ2v) is 4.51. The minimum absolute atomic E-state index is 0.326. The number of fused-ring (bicyclic) bond motifs is 1. The maximum absolute atomic E-state index is 9.47. The second-order valence-electron chi connectivity index (χ2n) is 4.11. The van der Waals surface area contributed by atoms with Crippen LogP contribution in [0.3, 0.4) is 0 Å². The van der Waals surface area contributed by atoms with Crippen LogP contribution in [0.15, 0.2) is 24.3 Å². The summed E-state index contributed by atoms with van der Waals surface area (Å²) >= 11 is 6.16. The number of aliphatic hydroxyl groups excluding tert-OH is 1. The lowest BCUT2D eigenvalue weighted by Gasteiger charge is -2.09. The molecule has 0 amide bonds. The maximum atomic E-state index is 9.47. The molecule has 1 aromatic heterocycles. The van der Waals surface area contributed by atoms with Gasteiger partial charge in [0.2, 0.25) is 0 Å². The first-order chi connectivity index (χ1) is 7.63. The van der Waals surface area contributed by atoms with Crippen molar-refractivity contribution < 1.29 is 5.11 Å². The van der Waals surface area contributed by atoms with Crippen LogP contribution in [0.2, 0.25) is 5.02 Å². The molecule has 1 atom stereocenters. The highest BCUT2D eigenvalue weighted by Gasteiger charge is 2.11. The van der Waals surface area contributed by atoms with E-state index in [2.05, 4.69) is 23.6 Å². The molecule has 0 aliphatic carbocycles. The van der Waals surface area contributed by atoms with Crippen molar-refractivity contribution in [3.63, 3.8) is 0 Å². The molecule has 0 fully saturated rings. The first-order valence-corrected chi connectivity index (χ1v) is 5.96. The predicted octanol–water partition coefficient (Wildman–Crippen LogP) is 3.24. The highest BCUT2D eigenvalue weighted by atomic mass is 35.5. The second kappa shape index (κ2) is 4.48. The summed E-state index contributed by atoms with van der Waals surface area (Å²) in [4.78, 5) is 0. The van der Waals surface area contributed by atoms with E-state index in [1.54, 1.807) is 6.92 Å². The van der Waals surface area contributed by atoms with E-state index in [0.29, 0.717) is 6.42 Å². The number of rotatable bonds is 3. The third kappa shape index (κ3) is 1.95. The summed E-state index contributed by atoms with van der Waals surface area (Å²) in [5.41, 5.74) is 2.28. The van der Waals surface area contributed by atoms with Crippen molar-refractivity contribution in [2.45, 2.75) is 32.9 Å². The van der Waals surface area contributed by atoms with Crippen LogP contribution in [0.5, 0.6) is 0 Å². The van der Waals surface area contributed by atoms with Gasteiger partial charge < -0.3 is 9.67 Å². The third-order valence-electron chi connectivity index (χ3n) is 2.80. The molecule has 1 N–H and O–H groups in total. The molecule has 2 nitrogen and oxygen atoms in total. The zero-order chi connectivity index (χ0) is 11.7. The lowest BCUT2D eigenvalue weighted by atomic mass is 10.2. The molecule has 16 heavy (non-hydrogen) atoms. The molecule has 1 aromatic carbocycles. The van der Waals surface area contributed by atoms with Crippen LogP contribution in [-0.4, -0.2) is 15.8 Å². The SMILES string of the molecule is CCn1c(CC(C)O)cc2c(Cl)cccc21. The van der Waals surface area contributed by atoms with E-state index >= 15 is 0 Å². The summed E-state index contributed by atoms with van der Waals surface area (Å²) in [6.45, 7) is 4.80. The van der Waals surface area contributed by atoms with Crippen molar-refractivity contribution in [3.05, 3.63) is 35.0 Å². The number of aryl methyl sites for hydroxylation is 1. The van der Waals surface area contributed by atoms with Crippen LogP contribution < -0.4 is 0 Å². The molecule has 0 bridgehead atoms. The highest BCUT2D eigenvalue weighted by Crippen LogP contribution is 2.27. The Balaban J connectivity index is 2.61. The fourth-order valence-corrected chi connectivity index (χ4v) is 2.37. The van der Waals surface area contributed by atoms with Crippen LogP contribution >= 0.6 is 11.6 Å². The smallest absolute Gasteiger partial charge is 0.0566 e. The van der Waals surface area contributed by atoms with Gasteiger partial charge >= 0.3 is 0 Å². The van der Waals surface area contributed by atoms with E-state index in [4.69, 9.17) is 11.6 Å². The third-order valence-corrected chi connectivity index (χ3v) is 3.13. The van der Waals surface area contributed by atoms with Gasteiger partial charge in [-0.25, -0.2) is 0 Å².